The number of thiophene rings is 1. The molecule has 0 saturated carbocycles. The summed E-state index contributed by atoms with van der Waals surface area (Å²) in [4.78, 5) is 5.65. The van der Waals surface area contributed by atoms with Crippen LogP contribution in [0.2, 0.25) is 0 Å². The molecule has 1 saturated heterocycles. The van der Waals surface area contributed by atoms with Crippen LogP contribution in [-0.4, -0.2) is 23.4 Å². The van der Waals surface area contributed by atoms with Crippen LogP contribution >= 0.6 is 11.3 Å². The summed E-state index contributed by atoms with van der Waals surface area (Å²) < 4.78 is 10.7. The fourth-order valence-corrected chi connectivity index (χ4v) is 3.09. The number of anilines is 1. The Bertz CT molecular complexity index is 570. The Labute approximate surface area is 109 Å². The molecule has 18 heavy (non-hydrogen) atoms. The van der Waals surface area contributed by atoms with Crippen molar-refractivity contribution in [3.05, 3.63) is 16.3 Å². The zero-order chi connectivity index (χ0) is 12.7. The minimum Gasteiger partial charge on any atom is -0.390 e. The molecule has 0 bridgehead atoms. The Balaban J connectivity index is 1.97. The van der Waals surface area contributed by atoms with Crippen molar-refractivity contribution >= 4 is 16.3 Å². The number of nitrogen functional groups attached to an aromatic ring is 1. The molecule has 1 aliphatic heterocycles. The number of ether oxygens (including phenoxy) is 1. The molecule has 0 radical (unpaired) electrons. The highest BCUT2D eigenvalue weighted by molar-refractivity contribution is 7.16. The summed E-state index contributed by atoms with van der Waals surface area (Å²) >= 11 is 1.56. The van der Waals surface area contributed by atoms with Crippen LogP contribution in [-0.2, 0) is 4.74 Å². The molecular formula is C12H15N3O2S. The van der Waals surface area contributed by atoms with Crippen LogP contribution in [0.1, 0.15) is 28.6 Å². The highest BCUT2D eigenvalue weighted by atomic mass is 32.1. The molecular weight excluding hydrogens is 250 g/mol. The van der Waals surface area contributed by atoms with E-state index in [1.807, 2.05) is 13.8 Å². The maximum absolute atomic E-state index is 6.00. The number of nitrogens with two attached hydrogens (primary N) is 1. The van der Waals surface area contributed by atoms with Gasteiger partial charge in [0.1, 0.15) is 0 Å². The number of rotatable bonds is 2. The predicted molar refractivity (Wildman–Crippen MR) is 69.7 cm³/mol. The quantitative estimate of drug-likeness (QED) is 0.903. The van der Waals surface area contributed by atoms with Gasteiger partial charge < -0.3 is 15.0 Å². The van der Waals surface area contributed by atoms with Gasteiger partial charge >= 0.3 is 0 Å². The van der Waals surface area contributed by atoms with Crippen LogP contribution in [0, 0.1) is 13.8 Å². The van der Waals surface area contributed by atoms with E-state index in [0.717, 1.165) is 35.0 Å². The summed E-state index contributed by atoms with van der Waals surface area (Å²) in [6, 6.07) is 0. The zero-order valence-corrected chi connectivity index (χ0v) is 11.2. The SMILES string of the molecule is Cc1sc(N)c(-c2nc(C3CCOC3)no2)c1C. The molecule has 96 valence electrons. The molecule has 2 aromatic heterocycles. The summed E-state index contributed by atoms with van der Waals surface area (Å²) in [6.45, 7) is 5.52. The number of nitrogens with zero attached hydrogens (tertiary/aromatic N) is 2. The molecule has 0 amide bonds. The Morgan fingerprint density at radius 1 is 1.39 bits per heavy atom. The Kier molecular flexibility index (Phi) is 2.83. The lowest BCUT2D eigenvalue weighted by Crippen LogP contribution is -1.99. The van der Waals surface area contributed by atoms with Crippen molar-refractivity contribution in [3.8, 4) is 11.5 Å². The smallest absolute Gasteiger partial charge is 0.261 e. The molecule has 1 fully saturated rings. The third kappa shape index (κ3) is 1.81. The molecule has 0 aliphatic carbocycles. The first-order valence-electron chi connectivity index (χ1n) is 5.94. The molecule has 3 heterocycles. The van der Waals surface area contributed by atoms with Crippen molar-refractivity contribution < 1.29 is 9.26 Å². The van der Waals surface area contributed by atoms with Gasteiger partial charge in [-0.05, 0) is 25.8 Å². The van der Waals surface area contributed by atoms with Gasteiger partial charge in [0.15, 0.2) is 5.82 Å². The fourth-order valence-electron chi connectivity index (χ4n) is 2.16. The molecule has 5 nitrogen and oxygen atoms in total. The maximum Gasteiger partial charge on any atom is 0.261 e. The minimum absolute atomic E-state index is 0.253. The summed E-state index contributed by atoms with van der Waals surface area (Å²) in [5.41, 5.74) is 8.01. The van der Waals surface area contributed by atoms with Gasteiger partial charge in [0.2, 0.25) is 0 Å². The van der Waals surface area contributed by atoms with E-state index >= 15 is 0 Å². The summed E-state index contributed by atoms with van der Waals surface area (Å²) in [7, 11) is 0. The number of hydrogen-bond donors (Lipinski definition) is 1. The van der Waals surface area contributed by atoms with Gasteiger partial charge in [-0.1, -0.05) is 5.16 Å². The average Bonchev–Trinajstić information content (AvgIpc) is 3.01. The summed E-state index contributed by atoms with van der Waals surface area (Å²) in [5, 5.41) is 4.79. The van der Waals surface area contributed by atoms with E-state index in [1.54, 1.807) is 11.3 Å². The molecule has 3 rings (SSSR count). The van der Waals surface area contributed by atoms with Gasteiger partial charge in [0, 0.05) is 17.4 Å². The van der Waals surface area contributed by atoms with Gasteiger partial charge in [-0.3, -0.25) is 0 Å². The van der Waals surface area contributed by atoms with Crippen LogP contribution in [0.3, 0.4) is 0 Å². The van der Waals surface area contributed by atoms with Crippen LogP contribution in [0.15, 0.2) is 4.52 Å². The molecule has 6 heteroatoms. The topological polar surface area (TPSA) is 74.2 Å². The molecule has 1 atom stereocenters. The molecule has 0 spiro atoms. The van der Waals surface area contributed by atoms with E-state index in [4.69, 9.17) is 15.0 Å². The predicted octanol–water partition coefficient (Wildman–Crippen LogP) is 2.50. The first-order valence-corrected chi connectivity index (χ1v) is 6.75. The molecule has 2 N–H and O–H groups in total. The van der Waals surface area contributed by atoms with Gasteiger partial charge in [-0.25, -0.2) is 0 Å². The molecule has 1 aliphatic rings. The fraction of sp³-hybridized carbons (Fsp3) is 0.500. The highest BCUT2D eigenvalue weighted by Gasteiger charge is 2.25. The third-order valence-electron chi connectivity index (χ3n) is 3.36. The standard InChI is InChI=1S/C12H15N3O2S/c1-6-7(2)18-10(13)9(6)12-14-11(15-17-12)8-3-4-16-5-8/h8H,3-5,13H2,1-2H3. The van der Waals surface area contributed by atoms with Crippen LogP contribution < -0.4 is 5.73 Å². The molecule has 0 aromatic carbocycles. The van der Waals surface area contributed by atoms with Crippen molar-refractivity contribution in [2.24, 2.45) is 0 Å². The Hall–Kier alpha value is -1.40. The second-order valence-corrected chi connectivity index (χ2v) is 5.80. The van der Waals surface area contributed by atoms with Crippen molar-refractivity contribution in [2.45, 2.75) is 26.2 Å². The van der Waals surface area contributed by atoms with Gasteiger partial charge in [0.25, 0.3) is 5.89 Å². The highest BCUT2D eigenvalue weighted by Crippen LogP contribution is 2.37. The van der Waals surface area contributed by atoms with Gasteiger partial charge in [-0.2, -0.15) is 4.98 Å². The van der Waals surface area contributed by atoms with Crippen molar-refractivity contribution in [3.63, 3.8) is 0 Å². The lowest BCUT2D eigenvalue weighted by Gasteiger charge is -1.98. The average molecular weight is 265 g/mol. The first kappa shape index (κ1) is 11.7. The lowest BCUT2D eigenvalue weighted by atomic mass is 10.1. The number of hydrogen-bond acceptors (Lipinski definition) is 6. The monoisotopic (exact) mass is 265 g/mol. The van der Waals surface area contributed by atoms with Crippen LogP contribution in [0.25, 0.3) is 11.5 Å². The van der Waals surface area contributed by atoms with E-state index < -0.39 is 0 Å². The largest absolute Gasteiger partial charge is 0.390 e. The van der Waals surface area contributed by atoms with Crippen molar-refractivity contribution in [1.29, 1.82) is 0 Å². The third-order valence-corrected chi connectivity index (χ3v) is 4.40. The number of aryl methyl sites for hydroxylation is 1. The molecule has 2 aromatic rings. The van der Waals surface area contributed by atoms with Crippen molar-refractivity contribution in [2.75, 3.05) is 18.9 Å². The Morgan fingerprint density at radius 2 is 2.22 bits per heavy atom. The van der Waals surface area contributed by atoms with E-state index in [-0.39, 0.29) is 5.92 Å². The van der Waals surface area contributed by atoms with Gasteiger partial charge in [-0.15, -0.1) is 11.3 Å². The second-order valence-electron chi connectivity index (χ2n) is 4.54. The lowest BCUT2D eigenvalue weighted by molar-refractivity contribution is 0.192. The first-order chi connectivity index (χ1) is 8.66. The van der Waals surface area contributed by atoms with Crippen LogP contribution in [0.4, 0.5) is 5.00 Å². The zero-order valence-electron chi connectivity index (χ0n) is 10.4. The van der Waals surface area contributed by atoms with Crippen molar-refractivity contribution in [1.82, 2.24) is 10.1 Å². The van der Waals surface area contributed by atoms with E-state index in [2.05, 4.69) is 10.1 Å². The maximum atomic E-state index is 6.00. The van der Waals surface area contributed by atoms with E-state index in [9.17, 15) is 0 Å². The van der Waals surface area contributed by atoms with Gasteiger partial charge in [0.05, 0.1) is 17.2 Å². The Morgan fingerprint density at radius 3 is 2.83 bits per heavy atom. The number of aromatic nitrogens is 2. The molecule has 1 unspecified atom stereocenters. The summed E-state index contributed by atoms with van der Waals surface area (Å²) in [5.74, 6) is 1.50. The minimum atomic E-state index is 0.253. The normalized spacial score (nSPS) is 19.6. The second kappa shape index (κ2) is 4.37. The van der Waals surface area contributed by atoms with Crippen LogP contribution in [0.5, 0.6) is 0 Å². The summed E-state index contributed by atoms with van der Waals surface area (Å²) in [6.07, 6.45) is 0.954. The van der Waals surface area contributed by atoms with E-state index in [0.29, 0.717) is 12.5 Å². The van der Waals surface area contributed by atoms with E-state index in [1.165, 1.54) is 4.88 Å².